The van der Waals surface area contributed by atoms with Gasteiger partial charge in [-0.1, -0.05) is 23.7 Å². The highest BCUT2D eigenvalue weighted by molar-refractivity contribution is 7.99. The number of para-hydroxylation sites is 2. The van der Waals surface area contributed by atoms with Gasteiger partial charge in [-0.15, -0.1) is 0 Å². The average Bonchev–Trinajstić information content (AvgIpc) is 3.53. The molecule has 0 atom stereocenters. The molecule has 5 aromatic rings. The highest BCUT2D eigenvalue weighted by atomic mass is 35.5. The van der Waals surface area contributed by atoms with Crippen molar-refractivity contribution in [2.24, 2.45) is 5.10 Å². The van der Waals surface area contributed by atoms with Gasteiger partial charge < -0.3 is 14.0 Å². The van der Waals surface area contributed by atoms with E-state index >= 15 is 0 Å². The molecule has 2 aromatic carbocycles. The zero-order chi connectivity index (χ0) is 23.7. The van der Waals surface area contributed by atoms with Crippen LogP contribution >= 0.6 is 23.4 Å². The molecule has 3 aromatic heterocycles. The van der Waals surface area contributed by atoms with E-state index in [0.29, 0.717) is 21.4 Å². The molecule has 0 saturated heterocycles. The van der Waals surface area contributed by atoms with Crippen LogP contribution < -0.4 is 5.43 Å². The van der Waals surface area contributed by atoms with Gasteiger partial charge in [0.25, 0.3) is 5.91 Å². The molecule has 0 unspecified atom stereocenters. The normalized spacial score (nSPS) is 11.5. The fraction of sp³-hybridized carbons (Fsp3) is 0.0800. The third-order valence-corrected chi connectivity index (χ3v) is 6.39. The third-order valence-electron chi connectivity index (χ3n) is 5.25. The molecule has 0 aliphatic rings. The van der Waals surface area contributed by atoms with Gasteiger partial charge in [0.2, 0.25) is 0 Å². The zero-order valence-corrected chi connectivity index (χ0v) is 19.9. The van der Waals surface area contributed by atoms with E-state index in [1.807, 2.05) is 62.4 Å². The Morgan fingerprint density at radius 1 is 1.12 bits per heavy atom. The average molecular weight is 490 g/mol. The monoisotopic (exact) mass is 489 g/mol. The Balaban J connectivity index is 1.26. The Morgan fingerprint density at radius 2 is 1.91 bits per heavy atom. The number of H-pyrrole nitrogens is 1. The first kappa shape index (κ1) is 22.1. The first-order chi connectivity index (χ1) is 16.5. The predicted octanol–water partition coefficient (Wildman–Crippen LogP) is 6.13. The SMILES string of the molecule is Cc1ccc(C)n1-c1ccc(Cl)c(C(=O)NN=Cc2ccc(Sc3nc4ccccc4[nH]3)o2)c1. The Kier molecular flexibility index (Phi) is 6.00. The summed E-state index contributed by atoms with van der Waals surface area (Å²) < 4.78 is 7.82. The molecule has 3 heterocycles. The lowest BCUT2D eigenvalue weighted by atomic mass is 10.2. The van der Waals surface area contributed by atoms with Crippen molar-refractivity contribution in [3.05, 3.63) is 94.5 Å². The number of aromatic nitrogens is 3. The first-order valence-electron chi connectivity index (χ1n) is 10.5. The molecule has 0 bridgehead atoms. The molecular formula is C25H20ClN5O2S. The number of furan rings is 1. The van der Waals surface area contributed by atoms with Gasteiger partial charge in [0, 0.05) is 17.1 Å². The van der Waals surface area contributed by atoms with Crippen molar-refractivity contribution in [1.82, 2.24) is 20.0 Å². The van der Waals surface area contributed by atoms with E-state index in [0.717, 1.165) is 33.3 Å². The maximum atomic E-state index is 12.7. The van der Waals surface area contributed by atoms with E-state index in [2.05, 4.69) is 25.1 Å². The van der Waals surface area contributed by atoms with Crippen molar-refractivity contribution in [2.75, 3.05) is 0 Å². The van der Waals surface area contributed by atoms with Gasteiger partial charge in [0.15, 0.2) is 10.2 Å². The van der Waals surface area contributed by atoms with Crippen molar-refractivity contribution in [1.29, 1.82) is 0 Å². The Bertz CT molecular complexity index is 1480. The lowest BCUT2D eigenvalue weighted by Crippen LogP contribution is -2.18. The van der Waals surface area contributed by atoms with Crippen molar-refractivity contribution in [2.45, 2.75) is 24.1 Å². The number of aryl methyl sites for hydroxylation is 2. The number of benzene rings is 2. The number of hydrogen-bond donors (Lipinski definition) is 2. The Morgan fingerprint density at radius 3 is 2.71 bits per heavy atom. The van der Waals surface area contributed by atoms with Crippen LogP contribution in [0.2, 0.25) is 5.02 Å². The number of nitrogens with one attached hydrogen (secondary N) is 2. The van der Waals surface area contributed by atoms with Gasteiger partial charge in [-0.3, -0.25) is 4.79 Å². The third kappa shape index (κ3) is 4.50. The van der Waals surface area contributed by atoms with Gasteiger partial charge in [0.1, 0.15) is 5.76 Å². The highest BCUT2D eigenvalue weighted by Crippen LogP contribution is 2.28. The molecule has 34 heavy (non-hydrogen) atoms. The van der Waals surface area contributed by atoms with Gasteiger partial charge in [-0.2, -0.15) is 5.10 Å². The minimum atomic E-state index is -0.408. The van der Waals surface area contributed by atoms with Crippen LogP contribution in [0.4, 0.5) is 0 Å². The summed E-state index contributed by atoms with van der Waals surface area (Å²) in [5, 5.41) is 5.76. The second-order valence-corrected chi connectivity index (χ2v) is 9.03. The molecule has 7 nitrogen and oxygen atoms in total. The summed E-state index contributed by atoms with van der Waals surface area (Å²) in [6, 6.07) is 20.8. The number of halogens is 1. The first-order valence-corrected chi connectivity index (χ1v) is 11.7. The number of amides is 1. The number of imidazole rings is 1. The van der Waals surface area contributed by atoms with E-state index < -0.39 is 5.91 Å². The number of fused-ring (bicyclic) bond motifs is 1. The maximum Gasteiger partial charge on any atom is 0.272 e. The standard InChI is InChI=1S/C25H20ClN5O2S/c1-15-7-8-16(2)31(15)17-9-11-20(26)19(13-17)24(32)30-27-14-18-10-12-23(33-18)34-25-28-21-5-3-4-6-22(21)29-25/h3-14H,1-2H3,(H,28,29)(H,30,32). The minimum absolute atomic E-state index is 0.337. The molecule has 170 valence electrons. The molecule has 2 N–H and O–H groups in total. The number of nitrogens with zero attached hydrogens (tertiary/aromatic N) is 3. The van der Waals surface area contributed by atoms with Gasteiger partial charge in [-0.25, -0.2) is 10.4 Å². The van der Waals surface area contributed by atoms with Gasteiger partial charge in [-0.05, 0) is 80.2 Å². The maximum absolute atomic E-state index is 12.7. The van der Waals surface area contributed by atoms with Crippen molar-refractivity contribution < 1.29 is 9.21 Å². The molecule has 1 amide bonds. The molecular weight excluding hydrogens is 470 g/mol. The number of hydrogen-bond acceptors (Lipinski definition) is 5. The summed E-state index contributed by atoms with van der Waals surface area (Å²) in [6.45, 7) is 4.02. The Hall–Kier alpha value is -3.75. The summed E-state index contributed by atoms with van der Waals surface area (Å²) in [5.74, 6) is 0.0892. The molecule has 0 saturated carbocycles. The summed E-state index contributed by atoms with van der Waals surface area (Å²) in [4.78, 5) is 20.5. The fourth-order valence-corrected chi connectivity index (χ4v) is 4.62. The second kappa shape index (κ2) is 9.24. The zero-order valence-electron chi connectivity index (χ0n) is 18.4. The minimum Gasteiger partial charge on any atom is -0.448 e. The topological polar surface area (TPSA) is 88.2 Å². The van der Waals surface area contributed by atoms with E-state index in [1.165, 1.54) is 18.0 Å². The van der Waals surface area contributed by atoms with Crippen LogP contribution in [0, 0.1) is 13.8 Å². The van der Waals surface area contributed by atoms with Crippen molar-refractivity contribution in [3.63, 3.8) is 0 Å². The lowest BCUT2D eigenvalue weighted by Gasteiger charge is -2.11. The largest absolute Gasteiger partial charge is 0.448 e. The van der Waals surface area contributed by atoms with E-state index in [1.54, 1.807) is 18.2 Å². The van der Waals surface area contributed by atoms with Crippen LogP contribution in [-0.2, 0) is 0 Å². The smallest absolute Gasteiger partial charge is 0.272 e. The number of carbonyl (C=O) groups is 1. The summed E-state index contributed by atoms with van der Waals surface area (Å²) >= 11 is 7.66. The van der Waals surface area contributed by atoms with Gasteiger partial charge >= 0.3 is 0 Å². The van der Waals surface area contributed by atoms with Crippen molar-refractivity contribution in [3.8, 4) is 5.69 Å². The van der Waals surface area contributed by atoms with Crippen LogP contribution in [0.25, 0.3) is 16.7 Å². The van der Waals surface area contributed by atoms with Crippen LogP contribution in [0.3, 0.4) is 0 Å². The number of carbonyl (C=O) groups excluding carboxylic acids is 1. The number of aromatic amines is 1. The van der Waals surface area contributed by atoms with E-state index in [-0.39, 0.29) is 0 Å². The van der Waals surface area contributed by atoms with Crippen LogP contribution in [0.1, 0.15) is 27.5 Å². The van der Waals surface area contributed by atoms with E-state index in [4.69, 9.17) is 16.0 Å². The predicted molar refractivity (Wildman–Crippen MR) is 134 cm³/mol. The molecule has 9 heteroatoms. The molecule has 5 rings (SSSR count). The summed E-state index contributed by atoms with van der Waals surface area (Å²) in [7, 11) is 0. The van der Waals surface area contributed by atoms with Crippen molar-refractivity contribution >= 4 is 46.5 Å². The fourth-order valence-electron chi connectivity index (χ4n) is 3.65. The second-order valence-electron chi connectivity index (χ2n) is 7.63. The number of hydrazone groups is 1. The number of rotatable bonds is 6. The van der Waals surface area contributed by atoms with Gasteiger partial charge in [0.05, 0.1) is 27.8 Å². The molecule has 0 aliphatic carbocycles. The highest BCUT2D eigenvalue weighted by Gasteiger charge is 2.13. The lowest BCUT2D eigenvalue weighted by molar-refractivity contribution is 0.0955. The Labute approximate surface area is 204 Å². The molecule has 0 spiro atoms. The molecule has 0 aliphatic heterocycles. The molecule has 0 radical (unpaired) electrons. The summed E-state index contributed by atoms with van der Waals surface area (Å²) in [6.07, 6.45) is 1.44. The van der Waals surface area contributed by atoms with E-state index in [9.17, 15) is 4.79 Å². The van der Waals surface area contributed by atoms with Crippen LogP contribution in [0.5, 0.6) is 0 Å². The summed E-state index contributed by atoms with van der Waals surface area (Å²) in [5.41, 5.74) is 7.71. The van der Waals surface area contributed by atoms with Crippen LogP contribution in [0.15, 0.2) is 86.5 Å². The molecule has 0 fully saturated rings. The quantitative estimate of drug-likeness (QED) is 0.222. The van der Waals surface area contributed by atoms with Crippen LogP contribution in [-0.4, -0.2) is 26.7 Å².